The van der Waals surface area contributed by atoms with Crippen molar-refractivity contribution in [3.63, 3.8) is 0 Å². The summed E-state index contributed by atoms with van der Waals surface area (Å²) in [7, 11) is 0. The first kappa shape index (κ1) is 14.1. The van der Waals surface area contributed by atoms with Gasteiger partial charge in [-0.3, -0.25) is 4.98 Å². The summed E-state index contributed by atoms with van der Waals surface area (Å²) in [6, 6.07) is 14.5. The summed E-state index contributed by atoms with van der Waals surface area (Å²) >= 11 is 6.53. The summed E-state index contributed by atoms with van der Waals surface area (Å²) in [4.78, 5) is 4.39. The molecule has 0 bridgehead atoms. The van der Waals surface area contributed by atoms with Gasteiger partial charge in [-0.25, -0.2) is 0 Å². The number of hydrogen-bond acceptors (Lipinski definition) is 1. The number of aromatic nitrogens is 1. The Morgan fingerprint density at radius 2 is 1.84 bits per heavy atom. The maximum atomic E-state index is 6.53. The average molecular weight is 274 g/mol. The Morgan fingerprint density at radius 1 is 1.11 bits per heavy atom. The van der Waals surface area contributed by atoms with E-state index in [2.05, 4.69) is 43.1 Å². The Balaban J connectivity index is 1.95. The lowest BCUT2D eigenvalue weighted by Gasteiger charge is -2.17. The van der Waals surface area contributed by atoms with E-state index >= 15 is 0 Å². The van der Waals surface area contributed by atoms with Crippen LogP contribution in [0.3, 0.4) is 0 Å². The third-order valence-electron chi connectivity index (χ3n) is 3.65. The summed E-state index contributed by atoms with van der Waals surface area (Å²) in [6.45, 7) is 4.30. The number of aryl methyl sites for hydroxylation is 2. The smallest absolute Gasteiger partial charge is 0.0446 e. The molecule has 0 N–H and O–H groups in total. The first-order chi connectivity index (χ1) is 9.18. The Labute approximate surface area is 120 Å². The van der Waals surface area contributed by atoms with Gasteiger partial charge in [-0.1, -0.05) is 37.3 Å². The van der Waals surface area contributed by atoms with Gasteiger partial charge in [0.2, 0.25) is 0 Å². The lowest BCUT2D eigenvalue weighted by Crippen LogP contribution is -2.12. The lowest BCUT2D eigenvalue weighted by atomic mass is 9.96. The minimum atomic E-state index is 0.120. The van der Waals surface area contributed by atoms with Crippen LogP contribution in [0.1, 0.15) is 36.1 Å². The molecule has 0 spiro atoms. The van der Waals surface area contributed by atoms with Gasteiger partial charge < -0.3 is 0 Å². The predicted molar refractivity (Wildman–Crippen MR) is 81.8 cm³/mol. The highest BCUT2D eigenvalue weighted by Crippen LogP contribution is 2.25. The van der Waals surface area contributed by atoms with E-state index in [1.807, 2.05) is 24.4 Å². The van der Waals surface area contributed by atoms with Crippen molar-refractivity contribution in [1.82, 2.24) is 4.98 Å². The van der Waals surface area contributed by atoms with E-state index in [0.717, 1.165) is 18.5 Å². The molecule has 100 valence electrons. The second kappa shape index (κ2) is 6.72. The van der Waals surface area contributed by atoms with Crippen LogP contribution in [0, 0.1) is 6.92 Å². The maximum Gasteiger partial charge on any atom is 0.0446 e. The maximum absolute atomic E-state index is 6.53. The van der Waals surface area contributed by atoms with Crippen LogP contribution in [0.25, 0.3) is 0 Å². The molecule has 2 unspecified atom stereocenters. The minimum Gasteiger partial charge on any atom is -0.261 e. The molecule has 2 rings (SSSR count). The van der Waals surface area contributed by atoms with Crippen molar-refractivity contribution in [2.45, 2.75) is 38.0 Å². The number of rotatable bonds is 5. The second-order valence-corrected chi connectivity index (χ2v) is 5.59. The Hall–Kier alpha value is -1.34. The lowest BCUT2D eigenvalue weighted by molar-refractivity contribution is 0.628. The summed E-state index contributed by atoms with van der Waals surface area (Å²) in [5.41, 5.74) is 3.81. The zero-order valence-corrected chi connectivity index (χ0v) is 12.3. The molecule has 0 amide bonds. The Morgan fingerprint density at radius 3 is 2.53 bits per heavy atom. The number of alkyl halides is 1. The molecule has 1 aromatic carbocycles. The molecule has 19 heavy (non-hydrogen) atoms. The molecular weight excluding hydrogens is 254 g/mol. The third kappa shape index (κ3) is 3.81. The van der Waals surface area contributed by atoms with E-state index in [9.17, 15) is 0 Å². The van der Waals surface area contributed by atoms with Gasteiger partial charge in [-0.15, -0.1) is 11.6 Å². The predicted octanol–water partition coefficient (Wildman–Crippen LogP) is 4.73. The summed E-state index contributed by atoms with van der Waals surface area (Å²) in [5, 5.41) is 0.120. The van der Waals surface area contributed by atoms with Crippen molar-refractivity contribution in [3.8, 4) is 0 Å². The van der Waals surface area contributed by atoms with Gasteiger partial charge in [0.05, 0.1) is 0 Å². The highest BCUT2D eigenvalue weighted by Gasteiger charge is 2.17. The Kier molecular flexibility index (Phi) is 4.98. The number of nitrogens with zero attached hydrogens (tertiary/aromatic N) is 1. The van der Waals surface area contributed by atoms with Crippen molar-refractivity contribution >= 4 is 11.6 Å². The number of pyridine rings is 1. The number of halogens is 1. The molecular formula is C17H20ClN. The van der Waals surface area contributed by atoms with Crippen molar-refractivity contribution in [2.24, 2.45) is 0 Å². The van der Waals surface area contributed by atoms with Crippen LogP contribution >= 0.6 is 11.6 Å². The largest absolute Gasteiger partial charge is 0.261 e. The van der Waals surface area contributed by atoms with Gasteiger partial charge in [0, 0.05) is 23.2 Å². The van der Waals surface area contributed by atoms with Gasteiger partial charge in [0.1, 0.15) is 0 Å². The van der Waals surface area contributed by atoms with Crippen LogP contribution in [-0.2, 0) is 6.42 Å². The molecule has 1 heterocycles. The van der Waals surface area contributed by atoms with Crippen LogP contribution in [-0.4, -0.2) is 10.4 Å². The van der Waals surface area contributed by atoms with E-state index in [4.69, 9.17) is 11.6 Å². The molecule has 0 saturated heterocycles. The van der Waals surface area contributed by atoms with Crippen LogP contribution in [0.5, 0.6) is 0 Å². The first-order valence-corrected chi connectivity index (χ1v) is 7.21. The summed E-state index contributed by atoms with van der Waals surface area (Å²) in [6.07, 6.45) is 3.83. The van der Waals surface area contributed by atoms with Gasteiger partial charge in [0.25, 0.3) is 0 Å². The Bertz CT molecular complexity index is 510. The van der Waals surface area contributed by atoms with E-state index in [1.165, 1.54) is 11.1 Å². The highest BCUT2D eigenvalue weighted by molar-refractivity contribution is 6.21. The first-order valence-electron chi connectivity index (χ1n) is 6.78. The van der Waals surface area contributed by atoms with Crippen LogP contribution in [0.4, 0.5) is 0 Å². The fourth-order valence-corrected chi connectivity index (χ4v) is 2.50. The van der Waals surface area contributed by atoms with Crippen LogP contribution in [0.15, 0.2) is 48.7 Å². The van der Waals surface area contributed by atoms with E-state index in [1.54, 1.807) is 0 Å². The zero-order chi connectivity index (χ0) is 13.7. The molecule has 1 aromatic heterocycles. The van der Waals surface area contributed by atoms with Crippen molar-refractivity contribution in [1.29, 1.82) is 0 Å². The molecule has 0 radical (unpaired) electrons. The second-order valence-electron chi connectivity index (χ2n) is 5.02. The topological polar surface area (TPSA) is 12.9 Å². The van der Waals surface area contributed by atoms with Gasteiger partial charge in [0.15, 0.2) is 0 Å². The average Bonchev–Trinajstić information content (AvgIpc) is 2.46. The van der Waals surface area contributed by atoms with Crippen molar-refractivity contribution < 1.29 is 0 Å². The van der Waals surface area contributed by atoms with Crippen LogP contribution in [0.2, 0.25) is 0 Å². The molecule has 0 aliphatic rings. The monoisotopic (exact) mass is 273 g/mol. The molecule has 0 saturated carbocycles. The summed E-state index contributed by atoms with van der Waals surface area (Å²) < 4.78 is 0. The number of hydrogen-bond donors (Lipinski definition) is 0. The molecule has 1 nitrogen and oxygen atoms in total. The SMILES string of the molecule is Cc1ccccc1CCC(Cl)C(C)c1ccccn1. The van der Waals surface area contributed by atoms with Gasteiger partial charge >= 0.3 is 0 Å². The molecule has 0 aliphatic carbocycles. The standard InChI is InChI=1S/C17H20ClN/c1-13-7-3-4-8-15(13)10-11-16(18)14(2)17-9-5-6-12-19-17/h3-9,12,14,16H,10-11H2,1-2H3. The molecule has 2 atom stereocenters. The molecule has 0 aliphatic heterocycles. The third-order valence-corrected chi connectivity index (χ3v) is 4.24. The zero-order valence-electron chi connectivity index (χ0n) is 11.5. The van der Waals surface area contributed by atoms with Crippen molar-refractivity contribution in [2.75, 3.05) is 0 Å². The van der Waals surface area contributed by atoms with E-state index in [0.29, 0.717) is 0 Å². The molecule has 2 heteroatoms. The molecule has 2 aromatic rings. The highest BCUT2D eigenvalue weighted by atomic mass is 35.5. The fourth-order valence-electron chi connectivity index (χ4n) is 2.26. The van der Waals surface area contributed by atoms with Crippen molar-refractivity contribution in [3.05, 3.63) is 65.5 Å². The van der Waals surface area contributed by atoms with Gasteiger partial charge in [-0.05, 0) is 43.0 Å². The van der Waals surface area contributed by atoms with E-state index in [-0.39, 0.29) is 11.3 Å². The van der Waals surface area contributed by atoms with Crippen LogP contribution < -0.4 is 0 Å². The normalized spacial score (nSPS) is 14.1. The fraction of sp³-hybridized carbons (Fsp3) is 0.353. The quantitative estimate of drug-likeness (QED) is 0.718. The number of benzene rings is 1. The molecule has 0 fully saturated rings. The summed E-state index contributed by atoms with van der Waals surface area (Å²) in [5.74, 6) is 0.284. The minimum absolute atomic E-state index is 0.120. The van der Waals surface area contributed by atoms with Gasteiger partial charge in [-0.2, -0.15) is 0 Å². The van der Waals surface area contributed by atoms with E-state index < -0.39 is 0 Å².